The maximum atomic E-state index is 14.0. The second-order valence-electron chi connectivity index (χ2n) is 5.97. The molecule has 0 aliphatic carbocycles. The topological polar surface area (TPSA) is 47.7 Å². The lowest BCUT2D eigenvalue weighted by Crippen LogP contribution is -2.22. The number of benzene rings is 1. The first-order valence-corrected chi connectivity index (χ1v) is 7.12. The first kappa shape index (κ1) is 14.5. The molecule has 0 spiro atoms. The van der Waals surface area contributed by atoms with Crippen LogP contribution >= 0.6 is 0 Å². The lowest BCUT2D eigenvalue weighted by molar-refractivity contribution is 0.0152. The van der Waals surface area contributed by atoms with Gasteiger partial charge in [0.1, 0.15) is 0 Å². The average molecular weight is 298 g/mol. The standard InChI is InChI=1S/C15H20F2N2O2/c1-15(16,17)11-5-14-13(20-8-21-14)4-10(11)12-3-9(6-18)7-19(12)2/h4-5,9,12H,3,6-8,18H2,1-2H3. The summed E-state index contributed by atoms with van der Waals surface area (Å²) in [5, 5.41) is 0. The summed E-state index contributed by atoms with van der Waals surface area (Å²) in [6.45, 7) is 2.40. The van der Waals surface area contributed by atoms with Gasteiger partial charge in [-0.3, -0.25) is 4.90 Å². The molecule has 0 radical (unpaired) electrons. The summed E-state index contributed by atoms with van der Waals surface area (Å²) < 4.78 is 38.6. The summed E-state index contributed by atoms with van der Waals surface area (Å²) in [4.78, 5) is 2.09. The number of likely N-dealkylation sites (tertiary alicyclic amines) is 1. The molecule has 1 fully saturated rings. The normalized spacial score (nSPS) is 25.6. The first-order chi connectivity index (χ1) is 9.90. The number of ether oxygens (including phenoxy) is 2. The zero-order chi connectivity index (χ0) is 15.2. The predicted molar refractivity (Wildman–Crippen MR) is 74.7 cm³/mol. The molecule has 0 amide bonds. The summed E-state index contributed by atoms with van der Waals surface area (Å²) in [6, 6.07) is 3.06. The Bertz CT molecular complexity index is 545. The predicted octanol–water partition coefficient (Wildman–Crippen LogP) is 2.48. The van der Waals surface area contributed by atoms with Crippen molar-refractivity contribution in [3.63, 3.8) is 0 Å². The molecule has 1 aromatic carbocycles. The minimum absolute atomic E-state index is 0.0151. The van der Waals surface area contributed by atoms with E-state index >= 15 is 0 Å². The Hall–Kier alpha value is -1.40. The van der Waals surface area contributed by atoms with Crippen LogP contribution < -0.4 is 15.2 Å². The van der Waals surface area contributed by atoms with Crippen molar-refractivity contribution in [2.75, 3.05) is 26.9 Å². The molecule has 0 saturated carbocycles. The van der Waals surface area contributed by atoms with Crippen LogP contribution in [0.2, 0.25) is 0 Å². The molecule has 3 rings (SSSR count). The lowest BCUT2D eigenvalue weighted by Gasteiger charge is -2.25. The Morgan fingerprint density at radius 1 is 1.33 bits per heavy atom. The van der Waals surface area contributed by atoms with E-state index in [1.54, 1.807) is 6.07 Å². The smallest absolute Gasteiger partial charge is 0.270 e. The van der Waals surface area contributed by atoms with Crippen molar-refractivity contribution >= 4 is 0 Å². The van der Waals surface area contributed by atoms with E-state index in [-0.39, 0.29) is 18.4 Å². The highest BCUT2D eigenvalue weighted by Crippen LogP contribution is 2.46. The summed E-state index contributed by atoms with van der Waals surface area (Å²) in [7, 11) is 1.95. The van der Waals surface area contributed by atoms with Gasteiger partial charge in [0.05, 0.1) is 0 Å². The molecule has 2 heterocycles. The summed E-state index contributed by atoms with van der Waals surface area (Å²) in [5.41, 5.74) is 6.36. The number of rotatable bonds is 3. The van der Waals surface area contributed by atoms with E-state index in [9.17, 15) is 8.78 Å². The van der Waals surface area contributed by atoms with Crippen molar-refractivity contribution in [1.82, 2.24) is 4.90 Å². The van der Waals surface area contributed by atoms with Gasteiger partial charge in [-0.15, -0.1) is 0 Å². The molecule has 1 saturated heterocycles. The second-order valence-corrected chi connectivity index (χ2v) is 5.97. The molecule has 6 heteroatoms. The Balaban J connectivity index is 2.04. The van der Waals surface area contributed by atoms with Crippen LogP contribution in [0.15, 0.2) is 12.1 Å². The SMILES string of the molecule is CN1CC(CN)CC1c1cc2c(cc1C(C)(F)F)OCO2. The van der Waals surface area contributed by atoms with Crippen molar-refractivity contribution in [2.45, 2.75) is 25.3 Å². The van der Waals surface area contributed by atoms with Gasteiger partial charge in [-0.25, -0.2) is 8.78 Å². The van der Waals surface area contributed by atoms with Crippen LogP contribution in [0.4, 0.5) is 8.78 Å². The number of nitrogens with zero attached hydrogens (tertiary/aromatic N) is 1. The first-order valence-electron chi connectivity index (χ1n) is 7.12. The van der Waals surface area contributed by atoms with E-state index in [0.29, 0.717) is 29.5 Å². The zero-order valence-electron chi connectivity index (χ0n) is 12.2. The van der Waals surface area contributed by atoms with Gasteiger partial charge in [0.2, 0.25) is 6.79 Å². The fourth-order valence-corrected chi connectivity index (χ4v) is 3.25. The number of fused-ring (bicyclic) bond motifs is 1. The van der Waals surface area contributed by atoms with Crippen LogP contribution in [0, 0.1) is 5.92 Å². The van der Waals surface area contributed by atoms with E-state index in [0.717, 1.165) is 19.9 Å². The van der Waals surface area contributed by atoms with Gasteiger partial charge in [-0.1, -0.05) is 0 Å². The van der Waals surface area contributed by atoms with E-state index in [2.05, 4.69) is 4.90 Å². The van der Waals surface area contributed by atoms with Crippen LogP contribution in [0.25, 0.3) is 0 Å². The molecule has 2 aliphatic heterocycles. The van der Waals surface area contributed by atoms with Crippen LogP contribution in [0.3, 0.4) is 0 Å². The molecule has 2 unspecified atom stereocenters. The quantitative estimate of drug-likeness (QED) is 0.931. The fourth-order valence-electron chi connectivity index (χ4n) is 3.25. The highest BCUT2D eigenvalue weighted by atomic mass is 19.3. The molecule has 0 bridgehead atoms. The minimum Gasteiger partial charge on any atom is -0.454 e. The van der Waals surface area contributed by atoms with E-state index in [1.807, 2.05) is 7.05 Å². The number of nitrogens with two attached hydrogens (primary N) is 1. The van der Waals surface area contributed by atoms with Crippen molar-refractivity contribution in [3.05, 3.63) is 23.3 Å². The van der Waals surface area contributed by atoms with Crippen LogP contribution in [0.1, 0.15) is 30.5 Å². The molecule has 2 atom stereocenters. The average Bonchev–Trinajstić information content (AvgIpc) is 3.01. The number of halogens is 2. The molecule has 4 nitrogen and oxygen atoms in total. The maximum Gasteiger partial charge on any atom is 0.270 e. The Kier molecular flexibility index (Phi) is 3.53. The van der Waals surface area contributed by atoms with E-state index in [4.69, 9.17) is 15.2 Å². The van der Waals surface area contributed by atoms with Crippen LogP contribution in [0.5, 0.6) is 11.5 Å². The summed E-state index contributed by atoms with van der Waals surface area (Å²) in [6.07, 6.45) is 0.787. The molecule has 2 N–H and O–H groups in total. The monoisotopic (exact) mass is 298 g/mol. The highest BCUT2D eigenvalue weighted by Gasteiger charge is 2.38. The van der Waals surface area contributed by atoms with Gasteiger partial charge in [0.25, 0.3) is 5.92 Å². The van der Waals surface area contributed by atoms with Gasteiger partial charge >= 0.3 is 0 Å². The Labute approximate surface area is 122 Å². The Morgan fingerprint density at radius 2 is 2.00 bits per heavy atom. The van der Waals surface area contributed by atoms with Gasteiger partial charge in [0, 0.05) is 25.1 Å². The fraction of sp³-hybridized carbons (Fsp3) is 0.600. The van der Waals surface area contributed by atoms with Crippen molar-refractivity contribution < 1.29 is 18.3 Å². The summed E-state index contributed by atoms with van der Waals surface area (Å²) in [5.74, 6) is -1.64. The molecular formula is C15H20F2N2O2. The van der Waals surface area contributed by atoms with Crippen LogP contribution in [-0.2, 0) is 5.92 Å². The van der Waals surface area contributed by atoms with Gasteiger partial charge in [-0.05, 0) is 43.6 Å². The van der Waals surface area contributed by atoms with Gasteiger partial charge < -0.3 is 15.2 Å². The molecule has 1 aromatic rings. The lowest BCUT2D eigenvalue weighted by atomic mass is 9.92. The third kappa shape index (κ3) is 2.58. The molecular weight excluding hydrogens is 278 g/mol. The molecule has 2 aliphatic rings. The number of hydrogen-bond acceptors (Lipinski definition) is 4. The molecule has 116 valence electrons. The van der Waals surface area contributed by atoms with Crippen molar-refractivity contribution in [2.24, 2.45) is 11.7 Å². The maximum absolute atomic E-state index is 14.0. The van der Waals surface area contributed by atoms with Crippen LogP contribution in [-0.4, -0.2) is 31.8 Å². The zero-order valence-corrected chi connectivity index (χ0v) is 12.2. The second kappa shape index (κ2) is 5.10. The van der Waals surface area contributed by atoms with Crippen molar-refractivity contribution in [3.8, 4) is 11.5 Å². The van der Waals surface area contributed by atoms with Gasteiger partial charge in [-0.2, -0.15) is 0 Å². The Morgan fingerprint density at radius 3 is 2.57 bits per heavy atom. The molecule has 0 aromatic heterocycles. The third-order valence-electron chi connectivity index (χ3n) is 4.34. The van der Waals surface area contributed by atoms with E-state index < -0.39 is 5.92 Å². The summed E-state index contributed by atoms with van der Waals surface area (Å²) >= 11 is 0. The number of alkyl halides is 2. The highest BCUT2D eigenvalue weighted by molar-refractivity contribution is 5.51. The number of hydrogen-bond donors (Lipinski definition) is 1. The third-order valence-corrected chi connectivity index (χ3v) is 4.34. The van der Waals surface area contributed by atoms with Crippen molar-refractivity contribution in [1.29, 1.82) is 0 Å². The van der Waals surface area contributed by atoms with Gasteiger partial charge in [0.15, 0.2) is 11.5 Å². The minimum atomic E-state index is -2.92. The largest absolute Gasteiger partial charge is 0.454 e. The van der Waals surface area contributed by atoms with E-state index in [1.165, 1.54) is 6.07 Å². The molecule has 21 heavy (non-hydrogen) atoms.